The maximum Gasteiger partial charge on any atom is 0.249 e. The van der Waals surface area contributed by atoms with Crippen molar-refractivity contribution < 1.29 is 4.79 Å². The van der Waals surface area contributed by atoms with E-state index in [1.807, 2.05) is 32.2 Å². The summed E-state index contributed by atoms with van der Waals surface area (Å²) in [5, 5.41) is 0. The van der Waals surface area contributed by atoms with Crippen molar-refractivity contribution in [3.05, 3.63) is 35.1 Å². The molecule has 3 heteroatoms. The Labute approximate surface area is 110 Å². The number of hydrogen-bond acceptors (Lipinski definition) is 2. The number of nitrogens with zero attached hydrogens (tertiary/aromatic N) is 1. The van der Waals surface area contributed by atoms with Crippen molar-refractivity contribution in [3.63, 3.8) is 0 Å². The first kappa shape index (κ1) is 16.4. The van der Waals surface area contributed by atoms with Crippen molar-refractivity contribution in [3.8, 4) is 0 Å². The van der Waals surface area contributed by atoms with Crippen LogP contribution in [0.25, 0.3) is 0 Å². The number of carbonyl (C=O) groups excluding carboxylic acids is 1. The molecule has 0 radical (unpaired) electrons. The van der Waals surface area contributed by atoms with Gasteiger partial charge in [0.2, 0.25) is 5.91 Å². The highest BCUT2D eigenvalue weighted by atomic mass is 16.1. The van der Waals surface area contributed by atoms with Crippen LogP contribution in [0.4, 0.5) is 0 Å². The molecule has 0 aromatic rings. The molecule has 2 N–H and O–H groups in total. The molecule has 0 aliphatic heterocycles. The molecule has 0 aliphatic carbocycles. The van der Waals surface area contributed by atoms with Gasteiger partial charge in [0, 0.05) is 23.6 Å². The summed E-state index contributed by atoms with van der Waals surface area (Å²) in [6, 6.07) is 0. The molecule has 0 aliphatic rings. The van der Waals surface area contributed by atoms with Gasteiger partial charge in [-0.25, -0.2) is 0 Å². The summed E-state index contributed by atoms with van der Waals surface area (Å²) in [5.41, 5.74) is 7.90. The largest absolute Gasteiger partial charge is 0.366 e. The normalized spacial score (nSPS) is 14.3. The zero-order valence-corrected chi connectivity index (χ0v) is 11.9. The van der Waals surface area contributed by atoms with Crippen molar-refractivity contribution in [2.75, 3.05) is 0 Å². The molecule has 0 aromatic heterocycles. The monoisotopic (exact) mass is 248 g/mol. The number of allylic oxidation sites excluding steroid dienone is 3. The number of nitrogens with two attached hydrogens (primary N) is 1. The summed E-state index contributed by atoms with van der Waals surface area (Å²) in [5.74, 6) is -0.404. The average molecular weight is 248 g/mol. The third-order valence-electron chi connectivity index (χ3n) is 2.59. The van der Waals surface area contributed by atoms with Crippen molar-refractivity contribution in [1.29, 1.82) is 0 Å². The molecule has 0 heterocycles. The Morgan fingerprint density at radius 2 is 2.00 bits per heavy atom. The minimum atomic E-state index is -0.404. The lowest BCUT2D eigenvalue weighted by Gasteiger charge is -2.03. The van der Waals surface area contributed by atoms with Crippen molar-refractivity contribution in [1.82, 2.24) is 0 Å². The van der Waals surface area contributed by atoms with Gasteiger partial charge in [0.25, 0.3) is 0 Å². The number of aliphatic imine (C=N–C) groups is 1. The fraction of sp³-hybridized carbons (Fsp3) is 0.467. The fourth-order valence-electron chi connectivity index (χ4n) is 1.29. The Morgan fingerprint density at radius 3 is 2.44 bits per heavy atom. The highest BCUT2D eigenvalue weighted by Gasteiger charge is 2.07. The first-order chi connectivity index (χ1) is 8.56. The van der Waals surface area contributed by atoms with Crippen LogP contribution in [0.1, 0.15) is 47.0 Å². The standard InChI is InChI=1S/C15H24N2O/c1-5-8-9-14(15(16)18)13(7-3)11-17-10-12(4)6-2/h7,9-11H,5-6,8H2,1-4H3,(H2,16,18)/b12-10+,13-7+,14-9-,17-11-. The third-order valence-corrected chi connectivity index (χ3v) is 2.59. The molecule has 0 aromatic carbocycles. The highest BCUT2D eigenvalue weighted by molar-refractivity contribution is 6.05. The second-order valence-corrected chi connectivity index (χ2v) is 4.12. The Hall–Kier alpha value is -1.64. The SMILES string of the molecule is C/C=C(\C=N/C=C(\C)CC)C(=C/CCC)/C(N)=O. The minimum Gasteiger partial charge on any atom is -0.366 e. The molecule has 0 saturated carbocycles. The van der Waals surface area contributed by atoms with Crippen LogP contribution in [-0.4, -0.2) is 12.1 Å². The summed E-state index contributed by atoms with van der Waals surface area (Å²) >= 11 is 0. The number of primary amides is 1. The minimum absolute atomic E-state index is 0.404. The number of hydrogen-bond donors (Lipinski definition) is 1. The van der Waals surface area contributed by atoms with E-state index in [1.54, 1.807) is 6.21 Å². The Bertz CT molecular complexity index is 387. The van der Waals surface area contributed by atoms with Crippen molar-refractivity contribution in [2.45, 2.75) is 47.0 Å². The molecule has 0 fully saturated rings. The molecule has 0 unspecified atom stereocenters. The third kappa shape index (κ3) is 6.18. The van der Waals surface area contributed by atoms with Crippen LogP contribution in [0.3, 0.4) is 0 Å². The second-order valence-electron chi connectivity index (χ2n) is 4.12. The van der Waals surface area contributed by atoms with Gasteiger partial charge < -0.3 is 5.73 Å². The van der Waals surface area contributed by atoms with E-state index in [0.717, 1.165) is 24.8 Å². The quantitative estimate of drug-likeness (QED) is 0.418. The first-order valence-corrected chi connectivity index (χ1v) is 6.42. The van der Waals surface area contributed by atoms with Crippen molar-refractivity contribution >= 4 is 12.1 Å². The van der Waals surface area contributed by atoms with E-state index in [4.69, 9.17) is 5.73 Å². The summed E-state index contributed by atoms with van der Waals surface area (Å²) < 4.78 is 0. The Kier molecular flexibility index (Phi) is 8.54. The molecular formula is C15H24N2O. The molecule has 0 saturated heterocycles. The number of carbonyl (C=O) groups is 1. The zero-order valence-electron chi connectivity index (χ0n) is 11.9. The van der Waals surface area contributed by atoms with Crippen LogP contribution >= 0.6 is 0 Å². The van der Waals surface area contributed by atoms with Crippen LogP contribution in [0.5, 0.6) is 0 Å². The van der Waals surface area contributed by atoms with Gasteiger partial charge in [0.1, 0.15) is 0 Å². The fourth-order valence-corrected chi connectivity index (χ4v) is 1.29. The second kappa shape index (κ2) is 9.40. The van der Waals surface area contributed by atoms with Crippen LogP contribution in [-0.2, 0) is 4.79 Å². The zero-order chi connectivity index (χ0) is 14.0. The van der Waals surface area contributed by atoms with E-state index in [0.29, 0.717) is 5.57 Å². The smallest absolute Gasteiger partial charge is 0.249 e. The van der Waals surface area contributed by atoms with Gasteiger partial charge in [-0.2, -0.15) is 0 Å². The van der Waals surface area contributed by atoms with Gasteiger partial charge in [0.15, 0.2) is 0 Å². The number of amides is 1. The van der Waals surface area contributed by atoms with Gasteiger partial charge in [-0.1, -0.05) is 38.0 Å². The van der Waals surface area contributed by atoms with Gasteiger partial charge in [-0.3, -0.25) is 9.79 Å². The number of rotatable bonds is 7. The number of unbranched alkanes of at least 4 members (excludes halogenated alkanes) is 1. The first-order valence-electron chi connectivity index (χ1n) is 6.42. The highest BCUT2D eigenvalue weighted by Crippen LogP contribution is 2.10. The molecule has 0 spiro atoms. The molecule has 3 nitrogen and oxygen atoms in total. The van der Waals surface area contributed by atoms with Gasteiger partial charge >= 0.3 is 0 Å². The van der Waals surface area contributed by atoms with Crippen molar-refractivity contribution in [2.24, 2.45) is 10.7 Å². The van der Waals surface area contributed by atoms with Gasteiger partial charge in [-0.05, 0) is 26.7 Å². The Balaban J connectivity index is 5.01. The van der Waals surface area contributed by atoms with Crippen LogP contribution in [0.2, 0.25) is 0 Å². The predicted octanol–water partition coefficient (Wildman–Crippen LogP) is 3.53. The average Bonchev–Trinajstić information content (AvgIpc) is 2.36. The van der Waals surface area contributed by atoms with E-state index in [1.165, 1.54) is 5.57 Å². The van der Waals surface area contributed by atoms with Gasteiger partial charge in [0.05, 0.1) is 0 Å². The maximum atomic E-state index is 11.4. The Morgan fingerprint density at radius 1 is 1.33 bits per heavy atom. The summed E-state index contributed by atoms with van der Waals surface area (Å²) in [7, 11) is 0. The van der Waals surface area contributed by atoms with Crippen LogP contribution in [0, 0.1) is 0 Å². The predicted molar refractivity (Wildman–Crippen MR) is 78.5 cm³/mol. The summed E-state index contributed by atoms with van der Waals surface area (Å²) in [6.07, 6.45) is 10.0. The van der Waals surface area contributed by atoms with E-state index in [-0.39, 0.29) is 0 Å². The van der Waals surface area contributed by atoms with E-state index < -0.39 is 5.91 Å². The molecule has 18 heavy (non-hydrogen) atoms. The lowest BCUT2D eigenvalue weighted by atomic mass is 10.0. The topological polar surface area (TPSA) is 55.4 Å². The molecule has 1 amide bonds. The molecule has 0 atom stereocenters. The molecule has 0 rings (SSSR count). The summed E-state index contributed by atoms with van der Waals surface area (Å²) in [4.78, 5) is 15.6. The van der Waals surface area contributed by atoms with E-state index in [2.05, 4.69) is 18.8 Å². The molecule has 0 bridgehead atoms. The maximum absolute atomic E-state index is 11.4. The van der Waals surface area contributed by atoms with Crippen LogP contribution in [0.15, 0.2) is 40.1 Å². The molecule has 100 valence electrons. The van der Waals surface area contributed by atoms with E-state index >= 15 is 0 Å². The lowest BCUT2D eigenvalue weighted by molar-refractivity contribution is -0.114. The van der Waals surface area contributed by atoms with Gasteiger partial charge in [-0.15, -0.1) is 0 Å². The molecular weight excluding hydrogens is 224 g/mol. The van der Waals surface area contributed by atoms with E-state index in [9.17, 15) is 4.79 Å². The lowest BCUT2D eigenvalue weighted by Crippen LogP contribution is -2.16. The summed E-state index contributed by atoms with van der Waals surface area (Å²) in [6.45, 7) is 8.04. The van der Waals surface area contributed by atoms with Crippen LogP contribution < -0.4 is 5.73 Å².